The van der Waals surface area contributed by atoms with E-state index in [4.69, 9.17) is 0 Å². The van der Waals surface area contributed by atoms with Gasteiger partial charge in [0.15, 0.2) is 0 Å². The zero-order valence-corrected chi connectivity index (χ0v) is 11.6. The van der Waals surface area contributed by atoms with Gasteiger partial charge in [0, 0.05) is 31.4 Å². The first-order valence-corrected chi connectivity index (χ1v) is 6.97. The van der Waals surface area contributed by atoms with Crippen LogP contribution in [0.25, 0.3) is 0 Å². The molecule has 1 aliphatic rings. The van der Waals surface area contributed by atoms with E-state index in [1.807, 2.05) is 0 Å². The van der Waals surface area contributed by atoms with Crippen molar-refractivity contribution in [3.05, 3.63) is 30.3 Å². The molecule has 100 valence electrons. The van der Waals surface area contributed by atoms with Crippen molar-refractivity contribution < 1.29 is 0 Å². The summed E-state index contributed by atoms with van der Waals surface area (Å²) in [6, 6.07) is 11.1. The zero-order chi connectivity index (χ0) is 12.8. The summed E-state index contributed by atoms with van der Waals surface area (Å²) in [6.45, 7) is 8.13. The molecule has 0 spiro atoms. The summed E-state index contributed by atoms with van der Waals surface area (Å²) in [4.78, 5) is 5.04. The molecule has 1 atom stereocenters. The van der Waals surface area contributed by atoms with Gasteiger partial charge in [-0.3, -0.25) is 4.90 Å². The van der Waals surface area contributed by atoms with E-state index in [9.17, 15) is 0 Å². The standard InChI is InChI=1S/C15H25N3/c1-14-13-17(2)10-6-11-18(14)12-9-16-15-7-4-3-5-8-15/h3-5,7-8,14,16H,6,9-13H2,1-2H3. The smallest absolute Gasteiger partial charge is 0.0340 e. The van der Waals surface area contributed by atoms with E-state index in [0.717, 1.165) is 13.1 Å². The summed E-state index contributed by atoms with van der Waals surface area (Å²) >= 11 is 0. The average Bonchev–Trinajstić information content (AvgIpc) is 2.52. The maximum Gasteiger partial charge on any atom is 0.0340 e. The van der Waals surface area contributed by atoms with Crippen LogP contribution in [-0.2, 0) is 0 Å². The number of hydrogen-bond acceptors (Lipinski definition) is 3. The van der Waals surface area contributed by atoms with E-state index < -0.39 is 0 Å². The molecule has 0 bridgehead atoms. The number of para-hydroxylation sites is 1. The summed E-state index contributed by atoms with van der Waals surface area (Å²) in [7, 11) is 2.22. The number of likely N-dealkylation sites (N-methyl/N-ethyl adjacent to an activating group) is 1. The summed E-state index contributed by atoms with van der Waals surface area (Å²) < 4.78 is 0. The van der Waals surface area contributed by atoms with Crippen LogP contribution >= 0.6 is 0 Å². The molecule has 1 fully saturated rings. The molecule has 3 nitrogen and oxygen atoms in total. The SMILES string of the molecule is CC1CN(C)CCCN1CCNc1ccccc1. The van der Waals surface area contributed by atoms with Gasteiger partial charge in [-0.25, -0.2) is 0 Å². The molecule has 0 amide bonds. The van der Waals surface area contributed by atoms with Crippen LogP contribution < -0.4 is 5.32 Å². The highest BCUT2D eigenvalue weighted by Gasteiger charge is 2.18. The minimum absolute atomic E-state index is 0.662. The van der Waals surface area contributed by atoms with Gasteiger partial charge in [-0.05, 0) is 45.6 Å². The Morgan fingerprint density at radius 1 is 1.22 bits per heavy atom. The number of nitrogens with one attached hydrogen (secondary N) is 1. The van der Waals surface area contributed by atoms with E-state index in [-0.39, 0.29) is 0 Å². The van der Waals surface area contributed by atoms with Crippen LogP contribution in [0.2, 0.25) is 0 Å². The monoisotopic (exact) mass is 247 g/mol. The third-order valence-electron chi connectivity index (χ3n) is 3.69. The topological polar surface area (TPSA) is 18.5 Å². The van der Waals surface area contributed by atoms with Gasteiger partial charge in [0.1, 0.15) is 0 Å². The molecule has 1 unspecified atom stereocenters. The Hall–Kier alpha value is -1.06. The first-order valence-electron chi connectivity index (χ1n) is 6.97. The van der Waals surface area contributed by atoms with Gasteiger partial charge in [0.25, 0.3) is 0 Å². The largest absolute Gasteiger partial charge is 0.384 e. The lowest BCUT2D eigenvalue weighted by molar-refractivity contribution is 0.209. The second-order valence-corrected chi connectivity index (χ2v) is 5.29. The van der Waals surface area contributed by atoms with E-state index in [1.165, 1.54) is 31.7 Å². The van der Waals surface area contributed by atoms with Crippen molar-refractivity contribution in [2.24, 2.45) is 0 Å². The highest BCUT2D eigenvalue weighted by atomic mass is 15.2. The molecule has 1 N–H and O–H groups in total. The molecular formula is C15H25N3. The van der Waals surface area contributed by atoms with Crippen molar-refractivity contribution in [2.45, 2.75) is 19.4 Å². The Kier molecular flexibility index (Phi) is 5.02. The predicted molar refractivity (Wildman–Crippen MR) is 78.1 cm³/mol. The van der Waals surface area contributed by atoms with Crippen molar-refractivity contribution in [3.63, 3.8) is 0 Å². The van der Waals surface area contributed by atoms with Crippen molar-refractivity contribution >= 4 is 5.69 Å². The van der Waals surface area contributed by atoms with Crippen LogP contribution in [0, 0.1) is 0 Å². The van der Waals surface area contributed by atoms with Gasteiger partial charge < -0.3 is 10.2 Å². The Labute approximate surface area is 111 Å². The molecule has 1 heterocycles. The maximum absolute atomic E-state index is 3.49. The van der Waals surface area contributed by atoms with Gasteiger partial charge in [-0.1, -0.05) is 18.2 Å². The lowest BCUT2D eigenvalue weighted by Gasteiger charge is -2.28. The first-order chi connectivity index (χ1) is 8.75. The van der Waals surface area contributed by atoms with Crippen LogP contribution in [-0.4, -0.2) is 55.6 Å². The predicted octanol–water partition coefficient (Wildman–Crippen LogP) is 2.12. The number of benzene rings is 1. The average molecular weight is 247 g/mol. The van der Waals surface area contributed by atoms with E-state index >= 15 is 0 Å². The Bertz CT molecular complexity index is 339. The third kappa shape index (κ3) is 4.00. The van der Waals surface area contributed by atoms with Crippen molar-refractivity contribution in [2.75, 3.05) is 45.1 Å². The molecule has 0 radical (unpaired) electrons. The number of anilines is 1. The van der Waals surface area contributed by atoms with Crippen molar-refractivity contribution in [3.8, 4) is 0 Å². The molecule has 1 aromatic rings. The minimum Gasteiger partial charge on any atom is -0.384 e. The van der Waals surface area contributed by atoms with Gasteiger partial charge in [-0.15, -0.1) is 0 Å². The van der Waals surface area contributed by atoms with Crippen LogP contribution in [0.3, 0.4) is 0 Å². The second kappa shape index (κ2) is 6.76. The summed E-state index contributed by atoms with van der Waals surface area (Å²) in [5.74, 6) is 0. The highest BCUT2D eigenvalue weighted by molar-refractivity contribution is 5.42. The lowest BCUT2D eigenvalue weighted by atomic mass is 10.2. The Morgan fingerprint density at radius 3 is 2.78 bits per heavy atom. The van der Waals surface area contributed by atoms with Crippen LogP contribution in [0.4, 0.5) is 5.69 Å². The van der Waals surface area contributed by atoms with Gasteiger partial charge >= 0.3 is 0 Å². The minimum atomic E-state index is 0.662. The highest BCUT2D eigenvalue weighted by Crippen LogP contribution is 2.09. The molecule has 3 heteroatoms. The number of nitrogens with zero attached hydrogens (tertiary/aromatic N) is 2. The summed E-state index contributed by atoms with van der Waals surface area (Å²) in [5, 5.41) is 3.49. The van der Waals surface area contributed by atoms with E-state index in [2.05, 4.69) is 59.4 Å². The molecule has 1 saturated heterocycles. The van der Waals surface area contributed by atoms with Crippen LogP contribution in [0.1, 0.15) is 13.3 Å². The molecule has 18 heavy (non-hydrogen) atoms. The molecule has 2 rings (SSSR count). The fourth-order valence-corrected chi connectivity index (χ4v) is 2.65. The van der Waals surface area contributed by atoms with E-state index in [1.54, 1.807) is 0 Å². The quantitative estimate of drug-likeness (QED) is 0.879. The normalized spacial score (nSPS) is 22.7. The molecule has 1 aromatic carbocycles. The molecule has 0 saturated carbocycles. The third-order valence-corrected chi connectivity index (χ3v) is 3.69. The van der Waals surface area contributed by atoms with Crippen molar-refractivity contribution in [1.82, 2.24) is 9.80 Å². The maximum atomic E-state index is 3.49. The fraction of sp³-hybridized carbons (Fsp3) is 0.600. The molecule has 0 aromatic heterocycles. The van der Waals surface area contributed by atoms with Crippen molar-refractivity contribution in [1.29, 1.82) is 0 Å². The fourth-order valence-electron chi connectivity index (χ4n) is 2.65. The molecule has 0 aliphatic carbocycles. The Morgan fingerprint density at radius 2 is 2.00 bits per heavy atom. The van der Waals surface area contributed by atoms with Crippen LogP contribution in [0.5, 0.6) is 0 Å². The summed E-state index contributed by atoms with van der Waals surface area (Å²) in [6.07, 6.45) is 1.28. The summed E-state index contributed by atoms with van der Waals surface area (Å²) in [5.41, 5.74) is 1.22. The van der Waals surface area contributed by atoms with Gasteiger partial charge in [0.05, 0.1) is 0 Å². The number of rotatable bonds is 4. The number of hydrogen-bond donors (Lipinski definition) is 1. The van der Waals surface area contributed by atoms with E-state index in [0.29, 0.717) is 6.04 Å². The molecular weight excluding hydrogens is 222 g/mol. The Balaban J connectivity index is 1.75. The zero-order valence-electron chi connectivity index (χ0n) is 11.6. The van der Waals surface area contributed by atoms with Gasteiger partial charge in [0.2, 0.25) is 0 Å². The molecule has 1 aliphatic heterocycles. The first kappa shape index (κ1) is 13.4. The van der Waals surface area contributed by atoms with Gasteiger partial charge in [-0.2, -0.15) is 0 Å². The second-order valence-electron chi connectivity index (χ2n) is 5.29. The van der Waals surface area contributed by atoms with Crippen LogP contribution in [0.15, 0.2) is 30.3 Å². The lowest BCUT2D eigenvalue weighted by Crippen LogP contribution is -2.40.